The van der Waals surface area contributed by atoms with Gasteiger partial charge < -0.3 is 14.2 Å². The second kappa shape index (κ2) is 10.2. The molecule has 6 heteroatoms. The normalized spacial score (nSPS) is 21.6. The smallest absolute Gasteiger partial charge is 0.182 e. The predicted molar refractivity (Wildman–Crippen MR) is 143 cm³/mol. The van der Waals surface area contributed by atoms with E-state index in [2.05, 4.69) is 4.98 Å². The Bertz CT molecular complexity index is 1340. The molecule has 196 valence electrons. The van der Waals surface area contributed by atoms with Gasteiger partial charge in [0.1, 0.15) is 11.2 Å². The maximum atomic E-state index is 14.4. The van der Waals surface area contributed by atoms with Crippen LogP contribution in [0.15, 0.2) is 60.9 Å². The molecule has 38 heavy (non-hydrogen) atoms. The Labute approximate surface area is 223 Å². The quantitative estimate of drug-likeness (QED) is 0.331. The van der Waals surface area contributed by atoms with Crippen LogP contribution in [0.4, 0.5) is 0 Å². The molecule has 0 radical (unpaired) electrons. The van der Waals surface area contributed by atoms with Crippen molar-refractivity contribution in [3.63, 3.8) is 0 Å². The Hall–Kier alpha value is -3.67. The molecule has 0 bridgehead atoms. The number of hydrogen-bond acceptors (Lipinski definition) is 6. The third-order valence-electron chi connectivity index (χ3n) is 8.33. The number of benzene rings is 2. The SMILES string of the molecule is COc1ccc(C2(Cc3ccncc3)C(=O)c3ccc(OC4CCCC4)cc3C2=O)cc1OC1CCCC1. The highest BCUT2D eigenvalue weighted by Crippen LogP contribution is 2.46. The topological polar surface area (TPSA) is 74.7 Å². The van der Waals surface area contributed by atoms with E-state index >= 15 is 0 Å². The Morgan fingerprint density at radius 1 is 0.763 bits per heavy atom. The third kappa shape index (κ3) is 4.36. The van der Waals surface area contributed by atoms with Crippen molar-refractivity contribution in [2.75, 3.05) is 7.11 Å². The zero-order valence-electron chi connectivity index (χ0n) is 21.8. The predicted octanol–water partition coefficient (Wildman–Crippen LogP) is 6.29. The van der Waals surface area contributed by atoms with E-state index in [1.54, 1.807) is 31.6 Å². The van der Waals surface area contributed by atoms with Crippen molar-refractivity contribution in [3.05, 3.63) is 83.2 Å². The molecule has 6 nitrogen and oxygen atoms in total. The average molecular weight is 512 g/mol. The lowest BCUT2D eigenvalue weighted by atomic mass is 9.71. The molecular weight excluding hydrogens is 478 g/mol. The average Bonchev–Trinajstić information content (AvgIpc) is 3.69. The maximum absolute atomic E-state index is 14.4. The minimum absolute atomic E-state index is 0.109. The van der Waals surface area contributed by atoms with Crippen LogP contribution in [0.5, 0.6) is 17.2 Å². The fourth-order valence-electron chi connectivity index (χ4n) is 6.30. The number of nitrogens with zero attached hydrogens (tertiary/aromatic N) is 1. The molecule has 3 aliphatic carbocycles. The first-order valence-electron chi connectivity index (χ1n) is 13.7. The fraction of sp³-hybridized carbons (Fsp3) is 0.406. The van der Waals surface area contributed by atoms with Crippen LogP contribution in [-0.4, -0.2) is 35.9 Å². The molecule has 0 spiro atoms. The summed E-state index contributed by atoms with van der Waals surface area (Å²) in [5, 5.41) is 0. The van der Waals surface area contributed by atoms with Gasteiger partial charge in [-0.1, -0.05) is 6.07 Å². The molecule has 0 N–H and O–H groups in total. The van der Waals surface area contributed by atoms with Crippen LogP contribution in [-0.2, 0) is 11.8 Å². The number of fused-ring (bicyclic) bond motifs is 1. The number of ether oxygens (including phenoxy) is 3. The zero-order chi connectivity index (χ0) is 26.1. The van der Waals surface area contributed by atoms with E-state index in [4.69, 9.17) is 14.2 Å². The van der Waals surface area contributed by atoms with E-state index in [9.17, 15) is 9.59 Å². The summed E-state index contributed by atoms with van der Waals surface area (Å²) in [5.74, 6) is 1.42. The van der Waals surface area contributed by atoms with Crippen molar-refractivity contribution in [2.24, 2.45) is 0 Å². The van der Waals surface area contributed by atoms with Crippen LogP contribution in [0, 0.1) is 0 Å². The Morgan fingerprint density at radius 2 is 1.42 bits per heavy atom. The largest absolute Gasteiger partial charge is 0.493 e. The molecular formula is C32H33NO5. The highest BCUT2D eigenvalue weighted by molar-refractivity contribution is 6.33. The number of pyridine rings is 1. The molecule has 1 aromatic heterocycles. The van der Waals surface area contributed by atoms with E-state index < -0.39 is 5.41 Å². The number of rotatable bonds is 8. The van der Waals surface area contributed by atoms with Gasteiger partial charge in [0.15, 0.2) is 23.1 Å². The highest BCUT2D eigenvalue weighted by Gasteiger charge is 2.54. The van der Waals surface area contributed by atoms with Crippen molar-refractivity contribution in [3.8, 4) is 17.2 Å². The molecule has 3 aliphatic rings. The number of aromatic nitrogens is 1. The zero-order valence-corrected chi connectivity index (χ0v) is 21.8. The number of Topliss-reactive ketones (excluding diaryl/α,β-unsaturated/α-hetero) is 2. The molecule has 0 aliphatic heterocycles. The van der Waals surface area contributed by atoms with E-state index in [1.165, 1.54) is 0 Å². The highest BCUT2D eigenvalue weighted by atomic mass is 16.5. The Balaban J connectivity index is 1.43. The van der Waals surface area contributed by atoms with Gasteiger partial charge in [0, 0.05) is 23.5 Å². The Kier molecular flexibility index (Phi) is 6.64. The van der Waals surface area contributed by atoms with Gasteiger partial charge >= 0.3 is 0 Å². The summed E-state index contributed by atoms with van der Waals surface area (Å²) < 4.78 is 18.1. The van der Waals surface area contributed by atoms with E-state index in [1.807, 2.05) is 36.4 Å². The van der Waals surface area contributed by atoms with Gasteiger partial charge in [0.25, 0.3) is 0 Å². The fourth-order valence-corrected chi connectivity index (χ4v) is 6.30. The van der Waals surface area contributed by atoms with Crippen molar-refractivity contribution < 1.29 is 23.8 Å². The monoisotopic (exact) mass is 511 g/mol. The minimum Gasteiger partial charge on any atom is -0.493 e. The first kappa shape index (κ1) is 24.7. The number of methoxy groups -OCH3 is 1. The van der Waals surface area contributed by atoms with Crippen molar-refractivity contribution >= 4 is 11.6 Å². The second-order valence-corrected chi connectivity index (χ2v) is 10.7. The van der Waals surface area contributed by atoms with Gasteiger partial charge in [-0.25, -0.2) is 0 Å². The molecule has 2 saturated carbocycles. The summed E-state index contributed by atoms with van der Waals surface area (Å²) in [6.45, 7) is 0. The lowest BCUT2D eigenvalue weighted by molar-refractivity contribution is 0.0792. The first-order valence-corrected chi connectivity index (χ1v) is 13.7. The summed E-state index contributed by atoms with van der Waals surface area (Å²) in [6.07, 6.45) is 12.5. The Morgan fingerprint density at radius 3 is 2.11 bits per heavy atom. The number of hydrogen-bond donors (Lipinski definition) is 0. The molecule has 0 amide bonds. The molecule has 6 rings (SSSR count). The van der Waals surface area contributed by atoms with Crippen molar-refractivity contribution in [1.82, 2.24) is 4.98 Å². The first-order chi connectivity index (χ1) is 18.6. The minimum atomic E-state index is -1.41. The summed E-state index contributed by atoms with van der Waals surface area (Å²) in [4.78, 5) is 32.7. The van der Waals surface area contributed by atoms with Gasteiger partial charge in [-0.15, -0.1) is 0 Å². The van der Waals surface area contributed by atoms with Gasteiger partial charge in [-0.2, -0.15) is 0 Å². The summed E-state index contributed by atoms with van der Waals surface area (Å²) in [5.41, 5.74) is 0.944. The number of ketones is 2. The van der Waals surface area contributed by atoms with Gasteiger partial charge in [0.05, 0.1) is 19.3 Å². The maximum Gasteiger partial charge on any atom is 0.182 e. The van der Waals surface area contributed by atoms with Crippen molar-refractivity contribution in [1.29, 1.82) is 0 Å². The lowest BCUT2D eigenvalue weighted by Gasteiger charge is -2.28. The molecule has 3 aromatic rings. The summed E-state index contributed by atoms with van der Waals surface area (Å²) in [7, 11) is 1.61. The van der Waals surface area contributed by atoms with E-state index in [0.717, 1.165) is 56.9 Å². The standard InChI is InChI=1S/C32H33NO5/c1-36-28-13-10-22(18-29(28)38-24-8-4-5-9-24)32(20-21-14-16-33-17-15-21)30(34)26-12-11-25(19-27(26)31(32)35)37-23-6-2-3-7-23/h10-19,23-24H,2-9,20H2,1H3. The molecule has 2 aromatic carbocycles. The van der Waals surface area contributed by atoms with Crippen LogP contribution < -0.4 is 14.2 Å². The van der Waals surface area contributed by atoms with Crippen LogP contribution in [0.2, 0.25) is 0 Å². The lowest BCUT2D eigenvalue weighted by Crippen LogP contribution is -2.40. The number of carbonyl (C=O) groups excluding carboxylic acids is 2. The van der Waals surface area contributed by atoms with Crippen molar-refractivity contribution in [2.45, 2.75) is 75.4 Å². The molecule has 1 heterocycles. The van der Waals surface area contributed by atoms with Crippen LogP contribution in [0.1, 0.15) is 83.2 Å². The summed E-state index contributed by atoms with van der Waals surface area (Å²) in [6, 6.07) is 14.6. The van der Waals surface area contributed by atoms with Crippen LogP contribution in [0.3, 0.4) is 0 Å². The molecule has 2 fully saturated rings. The second-order valence-electron chi connectivity index (χ2n) is 10.7. The van der Waals surface area contributed by atoms with Crippen LogP contribution >= 0.6 is 0 Å². The van der Waals surface area contributed by atoms with Gasteiger partial charge in [0.2, 0.25) is 0 Å². The molecule has 1 unspecified atom stereocenters. The van der Waals surface area contributed by atoms with Gasteiger partial charge in [-0.05, 0) is 111 Å². The van der Waals surface area contributed by atoms with E-state index in [-0.39, 0.29) is 30.2 Å². The molecule has 0 saturated heterocycles. The molecule has 1 atom stereocenters. The van der Waals surface area contributed by atoms with E-state index in [0.29, 0.717) is 33.9 Å². The van der Waals surface area contributed by atoms with Crippen LogP contribution in [0.25, 0.3) is 0 Å². The summed E-state index contributed by atoms with van der Waals surface area (Å²) >= 11 is 0. The van der Waals surface area contributed by atoms with Gasteiger partial charge in [-0.3, -0.25) is 14.6 Å². The third-order valence-corrected chi connectivity index (χ3v) is 8.33. The number of carbonyl (C=O) groups is 2.